The van der Waals surface area contributed by atoms with Crippen LogP contribution in [-0.2, 0) is 9.53 Å². The Morgan fingerprint density at radius 1 is 1.30 bits per heavy atom. The maximum atomic E-state index is 11.8. The number of amides is 1. The third kappa shape index (κ3) is 8.39. The van der Waals surface area contributed by atoms with E-state index in [9.17, 15) is 4.79 Å². The SMILES string of the molecule is C=CC(=O)NC1=CCCC=C1NC(=CC(=CC)OC(C)CC=C(CC)c1cccs1)[N+](=C)C. The first-order valence-corrected chi connectivity index (χ1v) is 12.2. The molecule has 0 aliphatic heterocycles. The number of hydrogen-bond acceptors (Lipinski definition) is 4. The number of nitrogens with one attached hydrogen (secondary N) is 2. The van der Waals surface area contributed by atoms with Gasteiger partial charge >= 0.3 is 0 Å². The van der Waals surface area contributed by atoms with Gasteiger partial charge in [0.2, 0.25) is 5.91 Å². The molecule has 2 N–H and O–H groups in total. The molecular formula is C27H36N3O2S+. The van der Waals surface area contributed by atoms with Crippen LogP contribution in [0.4, 0.5) is 0 Å². The highest BCUT2D eigenvalue weighted by atomic mass is 32.1. The summed E-state index contributed by atoms with van der Waals surface area (Å²) in [5.74, 6) is 1.27. The number of carbonyl (C=O) groups is 1. The lowest BCUT2D eigenvalue weighted by atomic mass is 10.1. The molecule has 2 rings (SSSR count). The smallest absolute Gasteiger partial charge is 0.282 e. The van der Waals surface area contributed by atoms with Crippen LogP contribution in [0.25, 0.3) is 5.57 Å². The topological polar surface area (TPSA) is 53.4 Å². The van der Waals surface area contributed by atoms with Gasteiger partial charge in [0.1, 0.15) is 11.5 Å². The molecular weight excluding hydrogens is 430 g/mol. The summed E-state index contributed by atoms with van der Waals surface area (Å²) < 4.78 is 7.96. The second-order valence-electron chi connectivity index (χ2n) is 7.77. The van der Waals surface area contributed by atoms with Gasteiger partial charge in [0.15, 0.2) is 0 Å². The Morgan fingerprint density at radius 3 is 2.55 bits per heavy atom. The van der Waals surface area contributed by atoms with E-state index in [1.54, 1.807) is 15.9 Å². The van der Waals surface area contributed by atoms with Crippen LogP contribution >= 0.6 is 11.3 Å². The first-order valence-electron chi connectivity index (χ1n) is 11.3. The highest BCUT2D eigenvalue weighted by Crippen LogP contribution is 2.24. The first kappa shape index (κ1) is 26.1. The number of thiophene rings is 1. The molecule has 0 bridgehead atoms. The number of hydrogen-bond donors (Lipinski definition) is 2. The molecule has 1 amide bonds. The molecule has 176 valence electrons. The van der Waals surface area contributed by atoms with Crippen LogP contribution < -0.4 is 10.6 Å². The van der Waals surface area contributed by atoms with Crippen molar-refractivity contribution in [3.05, 3.63) is 88.4 Å². The van der Waals surface area contributed by atoms with Crippen LogP contribution in [0.1, 0.15) is 51.3 Å². The summed E-state index contributed by atoms with van der Waals surface area (Å²) >= 11 is 1.77. The maximum absolute atomic E-state index is 11.8. The largest absolute Gasteiger partial charge is 0.490 e. The highest BCUT2D eigenvalue weighted by molar-refractivity contribution is 7.11. The number of carbonyl (C=O) groups excluding carboxylic acids is 1. The second kappa shape index (κ2) is 13.4. The van der Waals surface area contributed by atoms with Crippen LogP contribution in [0, 0.1) is 0 Å². The van der Waals surface area contributed by atoms with Gasteiger partial charge in [-0.25, -0.2) is 9.89 Å². The van der Waals surface area contributed by atoms with E-state index in [4.69, 9.17) is 4.74 Å². The van der Waals surface area contributed by atoms with Crippen molar-refractivity contribution in [1.29, 1.82) is 0 Å². The molecule has 1 aliphatic rings. The fourth-order valence-corrected chi connectivity index (χ4v) is 4.10. The van der Waals surface area contributed by atoms with Gasteiger partial charge in [0.25, 0.3) is 5.82 Å². The van der Waals surface area contributed by atoms with Gasteiger partial charge in [-0.3, -0.25) is 4.79 Å². The minimum Gasteiger partial charge on any atom is -0.490 e. The Hall–Kier alpha value is -3.12. The molecule has 1 aromatic rings. The molecule has 1 aliphatic carbocycles. The molecule has 1 atom stereocenters. The number of nitrogens with zero attached hydrogens (tertiary/aromatic N) is 1. The van der Waals surface area contributed by atoms with Crippen molar-refractivity contribution in [3.8, 4) is 0 Å². The molecule has 0 aromatic carbocycles. The van der Waals surface area contributed by atoms with E-state index in [0.717, 1.165) is 48.7 Å². The van der Waals surface area contributed by atoms with Gasteiger partial charge < -0.3 is 10.1 Å². The molecule has 6 heteroatoms. The molecule has 0 fully saturated rings. The predicted octanol–water partition coefficient (Wildman–Crippen LogP) is 5.88. The zero-order valence-corrected chi connectivity index (χ0v) is 21.0. The van der Waals surface area contributed by atoms with Crippen LogP contribution in [-0.4, -0.2) is 30.4 Å². The van der Waals surface area contributed by atoms with E-state index >= 15 is 0 Å². The number of rotatable bonds is 12. The van der Waals surface area contributed by atoms with E-state index in [2.05, 4.69) is 67.4 Å². The second-order valence-corrected chi connectivity index (χ2v) is 8.72. The summed E-state index contributed by atoms with van der Waals surface area (Å²) in [4.78, 5) is 13.1. The van der Waals surface area contributed by atoms with E-state index in [-0.39, 0.29) is 12.0 Å². The Kier molecular flexibility index (Phi) is 10.6. The molecule has 33 heavy (non-hydrogen) atoms. The Balaban J connectivity index is 2.10. The van der Waals surface area contributed by atoms with Gasteiger partial charge in [-0.1, -0.05) is 31.7 Å². The van der Waals surface area contributed by atoms with Crippen molar-refractivity contribution < 1.29 is 14.1 Å². The van der Waals surface area contributed by atoms with Crippen LogP contribution in [0.15, 0.2) is 83.5 Å². The molecule has 0 radical (unpaired) electrons. The molecule has 0 spiro atoms. The summed E-state index contributed by atoms with van der Waals surface area (Å²) in [6, 6.07) is 4.24. The fourth-order valence-electron chi connectivity index (χ4n) is 3.26. The average Bonchev–Trinajstić information content (AvgIpc) is 3.34. The zero-order valence-electron chi connectivity index (χ0n) is 20.2. The van der Waals surface area contributed by atoms with Crippen molar-refractivity contribution in [3.63, 3.8) is 0 Å². The molecule has 1 unspecified atom stereocenters. The standard InChI is InChI=1S/C27H35N3O2S/c1-7-21(25-15-12-18-33-25)17-16-20(4)32-22(8-2)19-26(30(5)6)28-23-13-10-11-14-24(23)29-27(31)9-3/h8-9,12-15,17-20,28H,3,5,7,10-11,16H2,1-2,4,6H3/p+1. The summed E-state index contributed by atoms with van der Waals surface area (Å²) in [7, 11) is 1.86. The summed E-state index contributed by atoms with van der Waals surface area (Å²) in [6.45, 7) is 13.8. The Labute approximate surface area is 202 Å². The number of allylic oxidation sites excluding steroid dienone is 5. The van der Waals surface area contributed by atoms with Crippen molar-refractivity contribution >= 4 is 29.5 Å². The summed E-state index contributed by atoms with van der Waals surface area (Å²) in [5.41, 5.74) is 2.91. The Morgan fingerprint density at radius 2 is 2.00 bits per heavy atom. The monoisotopic (exact) mass is 466 g/mol. The lowest BCUT2D eigenvalue weighted by molar-refractivity contribution is -0.440. The third-order valence-corrected chi connectivity index (χ3v) is 6.03. The van der Waals surface area contributed by atoms with Crippen molar-refractivity contribution in [2.24, 2.45) is 0 Å². The first-order chi connectivity index (χ1) is 15.9. The summed E-state index contributed by atoms with van der Waals surface area (Å²) in [5, 5.41) is 8.36. The minimum atomic E-state index is -0.238. The lowest BCUT2D eigenvalue weighted by Gasteiger charge is -2.17. The molecule has 0 saturated heterocycles. The molecule has 1 aromatic heterocycles. The van der Waals surface area contributed by atoms with Crippen LogP contribution in [0.3, 0.4) is 0 Å². The van der Waals surface area contributed by atoms with Gasteiger partial charge in [0.05, 0.1) is 31.6 Å². The van der Waals surface area contributed by atoms with Gasteiger partial charge in [0, 0.05) is 11.3 Å². The van der Waals surface area contributed by atoms with E-state index in [0.29, 0.717) is 0 Å². The third-order valence-electron chi connectivity index (χ3n) is 5.09. The fraction of sp³-hybridized carbons (Fsp3) is 0.333. The lowest BCUT2D eigenvalue weighted by Crippen LogP contribution is -2.30. The van der Waals surface area contributed by atoms with Gasteiger partial charge in [-0.05, 0) is 68.4 Å². The van der Waals surface area contributed by atoms with Crippen LogP contribution in [0.5, 0.6) is 0 Å². The average molecular weight is 467 g/mol. The van der Waals surface area contributed by atoms with Crippen LogP contribution in [0.2, 0.25) is 0 Å². The van der Waals surface area contributed by atoms with Gasteiger partial charge in [-0.2, -0.15) is 0 Å². The quantitative estimate of drug-likeness (QED) is 0.133. The van der Waals surface area contributed by atoms with Crippen molar-refractivity contribution in [2.75, 3.05) is 7.05 Å². The molecule has 0 saturated carbocycles. The van der Waals surface area contributed by atoms with Crippen molar-refractivity contribution in [1.82, 2.24) is 10.6 Å². The van der Waals surface area contributed by atoms with Gasteiger partial charge in [-0.15, -0.1) is 11.3 Å². The normalized spacial score (nSPS) is 15.8. The highest BCUT2D eigenvalue weighted by Gasteiger charge is 2.19. The maximum Gasteiger partial charge on any atom is 0.282 e. The predicted molar refractivity (Wildman–Crippen MR) is 140 cm³/mol. The Bertz CT molecular complexity index is 995. The van der Waals surface area contributed by atoms with E-state index < -0.39 is 0 Å². The minimum absolute atomic E-state index is 0.0153. The van der Waals surface area contributed by atoms with E-state index in [1.807, 2.05) is 32.2 Å². The molecule has 5 nitrogen and oxygen atoms in total. The summed E-state index contributed by atoms with van der Waals surface area (Å²) in [6.07, 6.45) is 15.1. The van der Waals surface area contributed by atoms with Crippen molar-refractivity contribution in [2.45, 2.75) is 52.6 Å². The zero-order chi connectivity index (χ0) is 24.2. The van der Waals surface area contributed by atoms with E-state index in [1.165, 1.54) is 16.5 Å². The number of ether oxygens (including phenoxy) is 1. The molecule has 1 heterocycles.